The van der Waals surface area contributed by atoms with Gasteiger partial charge in [0.1, 0.15) is 0 Å². The molecular weight excluding hydrogens is 340 g/mol. The Morgan fingerprint density at radius 3 is 2.59 bits per heavy atom. The molecule has 0 unspecified atom stereocenters. The van der Waals surface area contributed by atoms with Crippen LogP contribution in [0.2, 0.25) is 0 Å². The van der Waals surface area contributed by atoms with Gasteiger partial charge in [0.2, 0.25) is 5.96 Å². The number of benzene rings is 1. The number of hydrazone groups is 1. The number of ether oxygens (including phenoxy) is 2. The fraction of sp³-hybridized carbons (Fsp3) is 0.524. The maximum atomic E-state index is 5.88. The number of allylic oxidation sites excluding steroid dienone is 1. The molecule has 3 N–H and O–H groups in total. The summed E-state index contributed by atoms with van der Waals surface area (Å²) in [6.45, 7) is 4.83. The van der Waals surface area contributed by atoms with Crippen LogP contribution in [0.25, 0.3) is 6.08 Å². The summed E-state index contributed by atoms with van der Waals surface area (Å²) in [6, 6.07) is 5.90. The Kier molecular flexibility index (Phi) is 11.4. The number of nitrogens with one attached hydrogen (secondary N) is 1. The van der Waals surface area contributed by atoms with Crippen molar-refractivity contribution in [2.75, 3.05) is 20.8 Å². The minimum absolute atomic E-state index is 0.274. The normalized spacial score (nSPS) is 12.4. The lowest BCUT2D eigenvalue weighted by Gasteiger charge is -2.11. The van der Waals surface area contributed by atoms with E-state index in [0.29, 0.717) is 0 Å². The van der Waals surface area contributed by atoms with Crippen LogP contribution in [0.3, 0.4) is 0 Å². The van der Waals surface area contributed by atoms with Crippen molar-refractivity contribution >= 4 is 17.7 Å². The van der Waals surface area contributed by atoms with Crippen molar-refractivity contribution in [2.45, 2.75) is 52.4 Å². The molecule has 0 spiro atoms. The number of unbranched alkanes of at least 4 members (excludes halogenated alkanes) is 5. The summed E-state index contributed by atoms with van der Waals surface area (Å²) in [5, 5.41) is 4.11. The van der Waals surface area contributed by atoms with Gasteiger partial charge < -0.3 is 15.2 Å². The van der Waals surface area contributed by atoms with Crippen LogP contribution in [0.5, 0.6) is 11.5 Å². The van der Waals surface area contributed by atoms with Gasteiger partial charge in [0.15, 0.2) is 11.5 Å². The standard InChI is InChI=1S/C21H34N4O2/c1-5-6-7-8-9-10-15-27-19-14-13-18(16-20(19)26-4)12-11-17(2)24-25-21(22)23-3/h11-14,16H,5-10,15H2,1-4H3,(H3,22,23,25)/b12-11+,24-17-. The maximum Gasteiger partial charge on any atom is 0.209 e. The summed E-state index contributed by atoms with van der Waals surface area (Å²) in [5.41, 5.74) is 9.99. The highest BCUT2D eigenvalue weighted by Crippen LogP contribution is 2.28. The second-order valence-electron chi connectivity index (χ2n) is 6.33. The molecule has 6 heteroatoms. The second-order valence-corrected chi connectivity index (χ2v) is 6.33. The van der Waals surface area contributed by atoms with Crippen molar-refractivity contribution in [1.29, 1.82) is 0 Å². The quantitative estimate of drug-likeness (QED) is 0.246. The molecule has 0 fully saturated rings. The summed E-state index contributed by atoms with van der Waals surface area (Å²) in [4.78, 5) is 3.78. The lowest BCUT2D eigenvalue weighted by atomic mass is 10.1. The van der Waals surface area contributed by atoms with E-state index < -0.39 is 0 Å². The highest BCUT2D eigenvalue weighted by molar-refractivity contribution is 5.97. The predicted molar refractivity (Wildman–Crippen MR) is 115 cm³/mol. The van der Waals surface area contributed by atoms with E-state index in [9.17, 15) is 0 Å². The Balaban J connectivity index is 2.54. The van der Waals surface area contributed by atoms with Crippen molar-refractivity contribution in [1.82, 2.24) is 5.43 Å². The summed E-state index contributed by atoms with van der Waals surface area (Å²) in [6.07, 6.45) is 11.3. The molecule has 0 radical (unpaired) electrons. The molecule has 27 heavy (non-hydrogen) atoms. The van der Waals surface area contributed by atoms with Crippen LogP contribution in [0.1, 0.15) is 57.9 Å². The zero-order chi connectivity index (χ0) is 19.9. The average molecular weight is 375 g/mol. The molecule has 0 atom stereocenters. The van der Waals surface area contributed by atoms with E-state index in [0.717, 1.165) is 35.8 Å². The van der Waals surface area contributed by atoms with Crippen molar-refractivity contribution < 1.29 is 9.47 Å². The molecule has 0 aliphatic heterocycles. The first-order valence-corrected chi connectivity index (χ1v) is 9.62. The Hall–Kier alpha value is -2.50. The lowest BCUT2D eigenvalue weighted by Crippen LogP contribution is -2.27. The molecule has 0 amide bonds. The Labute approximate surface area is 163 Å². The van der Waals surface area contributed by atoms with E-state index >= 15 is 0 Å². The smallest absolute Gasteiger partial charge is 0.209 e. The molecule has 0 aliphatic carbocycles. The van der Waals surface area contributed by atoms with E-state index in [1.54, 1.807) is 14.2 Å². The Morgan fingerprint density at radius 1 is 1.15 bits per heavy atom. The van der Waals surface area contributed by atoms with Gasteiger partial charge in [0, 0.05) is 7.05 Å². The topological polar surface area (TPSA) is 81.2 Å². The maximum absolute atomic E-state index is 5.88. The average Bonchev–Trinajstić information content (AvgIpc) is 2.70. The molecule has 6 nitrogen and oxygen atoms in total. The predicted octanol–water partition coefficient (Wildman–Crippen LogP) is 4.36. The summed E-state index contributed by atoms with van der Waals surface area (Å²) >= 11 is 0. The van der Waals surface area contributed by atoms with Crippen LogP contribution in [0.15, 0.2) is 34.4 Å². The molecule has 0 bridgehead atoms. The van der Waals surface area contributed by atoms with E-state index in [-0.39, 0.29) is 5.96 Å². The van der Waals surface area contributed by atoms with Crippen LogP contribution in [-0.4, -0.2) is 32.4 Å². The van der Waals surface area contributed by atoms with E-state index in [4.69, 9.17) is 15.2 Å². The molecule has 0 aliphatic rings. The van der Waals surface area contributed by atoms with Gasteiger partial charge in [-0.15, -0.1) is 0 Å². The van der Waals surface area contributed by atoms with Crippen LogP contribution < -0.4 is 20.6 Å². The minimum atomic E-state index is 0.274. The fourth-order valence-corrected chi connectivity index (χ4v) is 2.42. The summed E-state index contributed by atoms with van der Waals surface area (Å²) < 4.78 is 11.3. The first kappa shape index (κ1) is 22.5. The lowest BCUT2D eigenvalue weighted by molar-refractivity contribution is 0.284. The van der Waals surface area contributed by atoms with Gasteiger partial charge in [0.05, 0.1) is 19.4 Å². The van der Waals surface area contributed by atoms with Crippen LogP contribution in [0, 0.1) is 0 Å². The third-order valence-electron chi connectivity index (χ3n) is 4.05. The zero-order valence-corrected chi connectivity index (χ0v) is 17.1. The molecule has 150 valence electrons. The number of nitrogens with zero attached hydrogens (tertiary/aromatic N) is 2. The first-order valence-electron chi connectivity index (χ1n) is 9.62. The molecule has 1 aromatic carbocycles. The molecular formula is C21H34N4O2. The molecule has 0 heterocycles. The summed E-state index contributed by atoms with van der Waals surface area (Å²) in [5.74, 6) is 1.79. The molecule has 1 rings (SSSR count). The van der Waals surface area contributed by atoms with E-state index in [2.05, 4.69) is 22.4 Å². The van der Waals surface area contributed by atoms with Crippen molar-refractivity contribution in [2.24, 2.45) is 15.8 Å². The third kappa shape index (κ3) is 9.68. The van der Waals surface area contributed by atoms with Crippen LogP contribution in [-0.2, 0) is 0 Å². The largest absolute Gasteiger partial charge is 0.493 e. The first-order chi connectivity index (χ1) is 13.1. The number of nitrogens with two attached hydrogens (primary N) is 1. The van der Waals surface area contributed by atoms with Crippen molar-refractivity contribution in [3.8, 4) is 11.5 Å². The third-order valence-corrected chi connectivity index (χ3v) is 4.05. The Morgan fingerprint density at radius 2 is 1.89 bits per heavy atom. The van der Waals surface area contributed by atoms with Crippen LogP contribution >= 0.6 is 0 Å². The summed E-state index contributed by atoms with van der Waals surface area (Å²) in [7, 11) is 3.26. The van der Waals surface area contributed by atoms with Gasteiger partial charge in [-0.25, -0.2) is 5.43 Å². The highest BCUT2D eigenvalue weighted by Gasteiger charge is 2.05. The van der Waals surface area contributed by atoms with Gasteiger partial charge in [0.25, 0.3) is 0 Å². The van der Waals surface area contributed by atoms with Gasteiger partial charge in [-0.1, -0.05) is 51.2 Å². The number of methoxy groups -OCH3 is 1. The molecule has 0 saturated heterocycles. The van der Waals surface area contributed by atoms with Crippen molar-refractivity contribution in [3.63, 3.8) is 0 Å². The van der Waals surface area contributed by atoms with Gasteiger partial charge in [-0.05, 0) is 37.1 Å². The number of rotatable bonds is 12. The number of hydrogen-bond acceptors (Lipinski definition) is 4. The second kappa shape index (κ2) is 13.7. The van der Waals surface area contributed by atoms with Gasteiger partial charge in [-0.3, -0.25) is 4.99 Å². The van der Waals surface area contributed by atoms with Gasteiger partial charge >= 0.3 is 0 Å². The number of guanidine groups is 1. The molecule has 1 aromatic rings. The number of aliphatic imine (C=N–C) groups is 1. The highest BCUT2D eigenvalue weighted by atomic mass is 16.5. The SMILES string of the molecule is CCCCCCCCOc1ccc(/C=C/C(C)=N\NC(N)=NC)cc1OC. The zero-order valence-electron chi connectivity index (χ0n) is 17.1. The minimum Gasteiger partial charge on any atom is -0.493 e. The van der Waals surface area contributed by atoms with Crippen molar-refractivity contribution in [3.05, 3.63) is 29.8 Å². The molecule has 0 saturated carbocycles. The number of hydrogen-bond donors (Lipinski definition) is 2. The van der Waals surface area contributed by atoms with E-state index in [1.807, 2.05) is 37.3 Å². The fourth-order valence-electron chi connectivity index (χ4n) is 2.42. The van der Waals surface area contributed by atoms with E-state index in [1.165, 1.54) is 32.1 Å². The monoisotopic (exact) mass is 374 g/mol. The Bertz CT molecular complexity index is 639. The van der Waals surface area contributed by atoms with Crippen LogP contribution in [0.4, 0.5) is 0 Å². The molecule has 0 aromatic heterocycles. The van der Waals surface area contributed by atoms with Gasteiger partial charge in [-0.2, -0.15) is 5.10 Å².